The molecule has 1 aromatic heterocycles. The molecule has 182 valence electrons. The van der Waals surface area contributed by atoms with Crippen molar-refractivity contribution in [1.82, 2.24) is 19.1 Å². The minimum absolute atomic E-state index is 0.0641. The van der Waals surface area contributed by atoms with Crippen molar-refractivity contribution in [1.29, 1.82) is 0 Å². The average molecular weight is 484 g/mol. The van der Waals surface area contributed by atoms with Gasteiger partial charge >= 0.3 is 0 Å². The van der Waals surface area contributed by atoms with E-state index in [1.165, 1.54) is 6.42 Å². The molecule has 4 saturated carbocycles. The normalized spacial score (nSPS) is 33.5. The molecule has 1 aliphatic heterocycles. The summed E-state index contributed by atoms with van der Waals surface area (Å²) in [7, 11) is -3.50. The summed E-state index contributed by atoms with van der Waals surface area (Å²) in [5.74, 6) is 1.14. The Labute approximate surface area is 201 Å². The molecule has 2 heterocycles. The summed E-state index contributed by atoms with van der Waals surface area (Å²) in [4.78, 5) is 18.1. The third-order valence-electron chi connectivity index (χ3n) is 8.73. The molecule has 4 atom stereocenters. The van der Waals surface area contributed by atoms with Gasteiger partial charge in [-0.05, 0) is 87.5 Å². The van der Waals surface area contributed by atoms with Crippen molar-refractivity contribution in [3.8, 4) is 0 Å². The Morgan fingerprint density at radius 2 is 1.65 bits per heavy atom. The van der Waals surface area contributed by atoms with Crippen molar-refractivity contribution in [3.63, 3.8) is 0 Å². The van der Waals surface area contributed by atoms with Gasteiger partial charge in [0, 0.05) is 18.8 Å². The van der Waals surface area contributed by atoms with Crippen LogP contribution in [0.4, 0.5) is 5.69 Å². The number of sulfonamides is 1. The summed E-state index contributed by atoms with van der Waals surface area (Å²) in [5.41, 5.74) is 0.154. The van der Waals surface area contributed by atoms with Gasteiger partial charge in [0.1, 0.15) is 12.7 Å². The number of nitrogens with zero attached hydrogens (tertiary/aromatic N) is 4. The lowest BCUT2D eigenvalue weighted by Crippen LogP contribution is -2.60. The molecule has 5 aliphatic rings. The first-order valence-corrected chi connectivity index (χ1v) is 14.1. The summed E-state index contributed by atoms with van der Waals surface area (Å²) in [6, 6.07) is 6.73. The largest absolute Gasteiger partial charge is 0.326 e. The molecule has 8 nitrogen and oxygen atoms in total. The van der Waals surface area contributed by atoms with E-state index in [0.29, 0.717) is 35.5 Å². The highest BCUT2D eigenvalue weighted by Crippen LogP contribution is 2.64. The molecule has 1 aromatic carbocycles. The molecule has 9 heteroatoms. The number of carbonyl (C=O) groups is 1. The molecular weight excluding hydrogens is 450 g/mol. The predicted molar refractivity (Wildman–Crippen MR) is 127 cm³/mol. The number of aromatic nitrogens is 3. The van der Waals surface area contributed by atoms with E-state index in [1.807, 2.05) is 11.0 Å². The van der Waals surface area contributed by atoms with Crippen LogP contribution in [-0.4, -0.2) is 46.5 Å². The Bertz CT molecular complexity index is 1140. The monoisotopic (exact) mass is 483 g/mol. The lowest BCUT2D eigenvalue weighted by Gasteiger charge is -2.60. The van der Waals surface area contributed by atoms with Gasteiger partial charge in [0.05, 0.1) is 15.8 Å². The molecule has 1 saturated heterocycles. The highest BCUT2D eigenvalue weighted by atomic mass is 32.2. The zero-order valence-corrected chi connectivity index (χ0v) is 20.3. The zero-order chi connectivity index (χ0) is 23.4. The molecule has 5 fully saturated rings. The smallest absolute Gasteiger partial charge is 0.243 e. The first-order valence-electron chi connectivity index (χ1n) is 12.7. The number of amides is 1. The van der Waals surface area contributed by atoms with Crippen LogP contribution in [0.15, 0.2) is 41.8 Å². The lowest BCUT2D eigenvalue weighted by molar-refractivity contribution is -0.150. The molecule has 4 bridgehead atoms. The number of benzene rings is 1. The number of carbonyl (C=O) groups excluding carboxylic acids is 1. The number of nitrogens with one attached hydrogen (secondary N) is 1. The zero-order valence-electron chi connectivity index (χ0n) is 19.5. The van der Waals surface area contributed by atoms with Gasteiger partial charge in [-0.15, -0.1) is 0 Å². The van der Waals surface area contributed by atoms with Crippen LogP contribution in [0.5, 0.6) is 0 Å². The minimum atomic E-state index is -3.50. The van der Waals surface area contributed by atoms with Gasteiger partial charge in [-0.1, -0.05) is 12.8 Å². The number of rotatable bonds is 5. The topological polar surface area (TPSA) is 97.2 Å². The van der Waals surface area contributed by atoms with Crippen LogP contribution in [0, 0.1) is 17.3 Å². The van der Waals surface area contributed by atoms with Gasteiger partial charge < -0.3 is 5.32 Å². The van der Waals surface area contributed by atoms with E-state index in [2.05, 4.69) is 15.4 Å². The Kier molecular flexibility index (Phi) is 5.33. The van der Waals surface area contributed by atoms with Crippen LogP contribution < -0.4 is 5.32 Å². The number of anilines is 1. The Morgan fingerprint density at radius 3 is 2.26 bits per heavy atom. The van der Waals surface area contributed by atoms with E-state index < -0.39 is 15.4 Å². The summed E-state index contributed by atoms with van der Waals surface area (Å²) in [6.07, 6.45) is 13.4. The molecule has 0 spiro atoms. The van der Waals surface area contributed by atoms with E-state index in [4.69, 9.17) is 0 Å². The maximum Gasteiger partial charge on any atom is 0.243 e. The average Bonchev–Trinajstić information content (AvgIpc) is 3.22. The highest BCUT2D eigenvalue weighted by molar-refractivity contribution is 7.89. The minimum Gasteiger partial charge on any atom is -0.326 e. The van der Waals surface area contributed by atoms with Gasteiger partial charge in [-0.3, -0.25) is 4.79 Å². The fourth-order valence-electron chi connectivity index (χ4n) is 7.61. The fraction of sp³-hybridized carbons (Fsp3) is 0.640. The lowest BCUT2D eigenvalue weighted by atomic mass is 9.46. The summed E-state index contributed by atoms with van der Waals surface area (Å²) in [6.45, 7) is 1.17. The molecule has 1 amide bonds. The first-order chi connectivity index (χ1) is 16.4. The van der Waals surface area contributed by atoms with Gasteiger partial charge in [0.15, 0.2) is 0 Å². The van der Waals surface area contributed by atoms with Gasteiger partial charge in [0.25, 0.3) is 0 Å². The molecule has 2 unspecified atom stereocenters. The predicted octanol–water partition coefficient (Wildman–Crippen LogP) is 3.78. The molecule has 34 heavy (non-hydrogen) atoms. The van der Waals surface area contributed by atoms with E-state index in [-0.39, 0.29) is 11.4 Å². The standard InChI is InChI=1S/C25H33N5O3S/c31-23(24-12-19-11-20(13-24)15-25(14-19,16-24)30-18-26-17-27-30)28-21-5-7-22(8-6-21)34(32,33)29-9-3-1-2-4-10-29/h5-8,17-20H,1-4,9-16H2,(H,28,31)/t19-,20+,24?,25?. The Balaban J connectivity index is 1.20. The highest BCUT2D eigenvalue weighted by Gasteiger charge is 2.61. The van der Waals surface area contributed by atoms with Crippen molar-refractivity contribution in [2.45, 2.75) is 74.6 Å². The van der Waals surface area contributed by atoms with Crippen LogP contribution in [-0.2, 0) is 20.4 Å². The quantitative estimate of drug-likeness (QED) is 0.698. The third kappa shape index (κ3) is 3.68. The van der Waals surface area contributed by atoms with Crippen LogP contribution in [0.2, 0.25) is 0 Å². The molecule has 2 aromatic rings. The van der Waals surface area contributed by atoms with Crippen LogP contribution in [0.3, 0.4) is 0 Å². The Hall–Kier alpha value is -2.26. The van der Waals surface area contributed by atoms with Gasteiger partial charge in [0.2, 0.25) is 15.9 Å². The molecule has 7 rings (SSSR count). The second kappa shape index (κ2) is 8.16. The molecular formula is C25H33N5O3S. The van der Waals surface area contributed by atoms with Gasteiger partial charge in [-0.2, -0.15) is 9.40 Å². The third-order valence-corrected chi connectivity index (χ3v) is 10.6. The van der Waals surface area contributed by atoms with Crippen molar-refractivity contribution in [3.05, 3.63) is 36.9 Å². The van der Waals surface area contributed by atoms with Crippen molar-refractivity contribution < 1.29 is 13.2 Å². The van der Waals surface area contributed by atoms with E-state index in [1.54, 1.807) is 34.9 Å². The summed E-state index contributed by atoms with van der Waals surface area (Å²) >= 11 is 0. The second-order valence-corrected chi connectivity index (χ2v) is 13.0. The summed E-state index contributed by atoms with van der Waals surface area (Å²) in [5, 5.41) is 7.61. The molecule has 0 radical (unpaired) electrons. The van der Waals surface area contributed by atoms with Crippen molar-refractivity contribution in [2.75, 3.05) is 18.4 Å². The Morgan fingerprint density at radius 1 is 0.971 bits per heavy atom. The van der Waals surface area contributed by atoms with Crippen LogP contribution in [0.25, 0.3) is 0 Å². The SMILES string of the molecule is O=C(Nc1ccc(S(=O)(=O)N2CCCCCC2)cc1)C12C[C@H]3C[C@@H](C1)CC(n1cncn1)(C3)C2. The molecule has 4 aliphatic carbocycles. The van der Waals surface area contributed by atoms with Crippen LogP contribution >= 0.6 is 0 Å². The van der Waals surface area contributed by atoms with E-state index >= 15 is 0 Å². The number of hydrogen-bond donors (Lipinski definition) is 1. The fourth-order valence-corrected chi connectivity index (χ4v) is 9.12. The van der Waals surface area contributed by atoms with Crippen molar-refractivity contribution in [2.24, 2.45) is 17.3 Å². The second-order valence-electron chi connectivity index (χ2n) is 11.1. The van der Waals surface area contributed by atoms with Crippen LogP contribution in [0.1, 0.15) is 64.2 Å². The maximum absolute atomic E-state index is 13.7. The maximum atomic E-state index is 13.7. The summed E-state index contributed by atoms with van der Waals surface area (Å²) < 4.78 is 29.8. The number of hydrogen-bond acceptors (Lipinski definition) is 5. The molecule has 1 N–H and O–H groups in total. The first kappa shape index (κ1) is 22.2. The van der Waals surface area contributed by atoms with Gasteiger partial charge in [-0.25, -0.2) is 18.1 Å². The van der Waals surface area contributed by atoms with E-state index in [0.717, 1.165) is 57.8 Å². The van der Waals surface area contributed by atoms with Crippen molar-refractivity contribution >= 4 is 21.6 Å². The van der Waals surface area contributed by atoms with E-state index in [9.17, 15) is 13.2 Å².